The number of hydrogen-bond donors (Lipinski definition) is 1. The van der Waals surface area contributed by atoms with Crippen molar-refractivity contribution in [2.75, 3.05) is 6.61 Å². The van der Waals surface area contributed by atoms with Gasteiger partial charge in [0.15, 0.2) is 0 Å². The highest BCUT2D eigenvalue weighted by atomic mass is 35.5. The van der Waals surface area contributed by atoms with Gasteiger partial charge in [0.2, 0.25) is 0 Å². The number of rotatable bonds is 5. The van der Waals surface area contributed by atoms with Crippen LogP contribution in [0.3, 0.4) is 0 Å². The molecule has 0 radical (unpaired) electrons. The smallest absolute Gasteiger partial charge is 0.135 e. The molecule has 0 fully saturated rings. The molecule has 1 unspecified atom stereocenters. The Morgan fingerprint density at radius 3 is 2.64 bits per heavy atom. The number of aliphatic hydroxyl groups excluding tert-OH is 1. The lowest BCUT2D eigenvalue weighted by Crippen LogP contribution is -2.17. The molecular weight excluding hydrogens is 296 g/mol. The number of aliphatic hydroxyl groups is 1. The molecule has 114 valence electrons. The molecule has 0 aliphatic heterocycles. The molecule has 0 spiro atoms. The Bertz CT molecular complexity index is 798. The summed E-state index contributed by atoms with van der Waals surface area (Å²) in [6.45, 7) is 2.35. The van der Waals surface area contributed by atoms with Gasteiger partial charge in [-0.1, -0.05) is 55.3 Å². The van der Waals surface area contributed by atoms with Crippen LogP contribution >= 0.6 is 11.6 Å². The Hall–Kier alpha value is -1.77. The van der Waals surface area contributed by atoms with Crippen LogP contribution in [0, 0.1) is 0 Å². The zero-order valence-electron chi connectivity index (χ0n) is 12.6. The predicted octanol–water partition coefficient (Wildman–Crippen LogP) is 5.19. The second kappa shape index (κ2) is 6.55. The minimum atomic E-state index is -0.446. The highest BCUT2D eigenvalue weighted by molar-refractivity contribution is 6.31. The lowest BCUT2D eigenvalue weighted by atomic mass is 10.0. The van der Waals surface area contributed by atoms with Crippen molar-refractivity contribution >= 4 is 33.1 Å². The number of fused-ring (bicyclic) bond motifs is 2. The molecule has 1 N–H and O–H groups in total. The summed E-state index contributed by atoms with van der Waals surface area (Å²) in [6.07, 6.45) is 1.23. The van der Waals surface area contributed by atoms with E-state index in [2.05, 4.69) is 19.1 Å². The molecule has 0 aliphatic rings. The largest absolute Gasteiger partial charge is 0.490 e. The summed E-state index contributed by atoms with van der Waals surface area (Å²) in [7, 11) is 0. The van der Waals surface area contributed by atoms with E-state index >= 15 is 0 Å². The van der Waals surface area contributed by atoms with Gasteiger partial charge in [0, 0.05) is 15.8 Å². The van der Waals surface area contributed by atoms with Crippen molar-refractivity contribution in [1.29, 1.82) is 0 Å². The van der Waals surface area contributed by atoms with E-state index in [-0.39, 0.29) is 0 Å². The summed E-state index contributed by atoms with van der Waals surface area (Å²) in [6, 6.07) is 16.1. The third kappa shape index (κ3) is 3.03. The minimum absolute atomic E-state index is 0.295. The van der Waals surface area contributed by atoms with E-state index in [9.17, 15) is 5.11 Å². The molecule has 0 aliphatic carbocycles. The highest BCUT2D eigenvalue weighted by Crippen LogP contribution is 2.36. The zero-order valence-corrected chi connectivity index (χ0v) is 13.3. The third-order valence-electron chi connectivity index (χ3n) is 3.82. The molecule has 1 atom stereocenters. The van der Waals surface area contributed by atoms with Gasteiger partial charge < -0.3 is 9.84 Å². The molecule has 0 aromatic heterocycles. The molecule has 22 heavy (non-hydrogen) atoms. The van der Waals surface area contributed by atoms with E-state index in [0.717, 1.165) is 40.1 Å². The first-order valence-electron chi connectivity index (χ1n) is 7.61. The van der Waals surface area contributed by atoms with Gasteiger partial charge in [0.25, 0.3) is 0 Å². The second-order valence-corrected chi connectivity index (χ2v) is 5.98. The van der Waals surface area contributed by atoms with Crippen molar-refractivity contribution in [3.8, 4) is 5.75 Å². The van der Waals surface area contributed by atoms with Crippen LogP contribution in [0.2, 0.25) is 5.02 Å². The normalized spacial score (nSPS) is 12.7. The molecule has 0 amide bonds. The van der Waals surface area contributed by atoms with Crippen LogP contribution in [0.4, 0.5) is 0 Å². The Labute approximate surface area is 135 Å². The quantitative estimate of drug-likeness (QED) is 0.657. The average molecular weight is 315 g/mol. The van der Waals surface area contributed by atoms with Gasteiger partial charge in [-0.15, -0.1) is 0 Å². The molecular formula is C19H19ClO2. The Balaban J connectivity index is 2.11. The molecule has 3 aromatic rings. The van der Waals surface area contributed by atoms with Gasteiger partial charge in [-0.3, -0.25) is 0 Å². The summed E-state index contributed by atoms with van der Waals surface area (Å²) >= 11 is 6.15. The van der Waals surface area contributed by atoms with Crippen LogP contribution in [-0.2, 0) is 0 Å². The fourth-order valence-electron chi connectivity index (χ4n) is 2.74. The third-order valence-corrected chi connectivity index (χ3v) is 4.05. The molecule has 3 rings (SSSR count). The lowest BCUT2D eigenvalue weighted by Gasteiger charge is -2.16. The van der Waals surface area contributed by atoms with Crippen molar-refractivity contribution in [3.05, 3.63) is 53.6 Å². The first-order valence-corrected chi connectivity index (χ1v) is 7.98. The summed E-state index contributed by atoms with van der Waals surface area (Å²) in [5.41, 5.74) is 0. The van der Waals surface area contributed by atoms with Gasteiger partial charge in [0.05, 0.1) is 6.10 Å². The van der Waals surface area contributed by atoms with Gasteiger partial charge in [-0.05, 0) is 35.4 Å². The summed E-state index contributed by atoms with van der Waals surface area (Å²) < 4.78 is 5.99. The fraction of sp³-hybridized carbons (Fsp3) is 0.263. The Morgan fingerprint density at radius 1 is 1.05 bits per heavy atom. The maximum Gasteiger partial charge on any atom is 0.135 e. The van der Waals surface area contributed by atoms with Crippen LogP contribution in [0.1, 0.15) is 19.8 Å². The maximum atomic E-state index is 9.96. The average Bonchev–Trinajstić information content (AvgIpc) is 2.52. The summed E-state index contributed by atoms with van der Waals surface area (Å²) in [5, 5.41) is 14.9. The van der Waals surface area contributed by atoms with Crippen molar-refractivity contribution in [3.63, 3.8) is 0 Å². The van der Waals surface area contributed by atoms with Crippen LogP contribution in [0.15, 0.2) is 48.5 Å². The van der Waals surface area contributed by atoms with E-state index in [1.54, 1.807) is 0 Å². The van der Waals surface area contributed by atoms with Gasteiger partial charge in [-0.25, -0.2) is 0 Å². The minimum Gasteiger partial charge on any atom is -0.490 e. The van der Waals surface area contributed by atoms with Crippen molar-refractivity contribution in [2.45, 2.75) is 25.9 Å². The van der Waals surface area contributed by atoms with Gasteiger partial charge in [-0.2, -0.15) is 0 Å². The summed E-state index contributed by atoms with van der Waals surface area (Å²) in [5.74, 6) is 0.797. The maximum absolute atomic E-state index is 9.96. The molecule has 0 heterocycles. The van der Waals surface area contributed by atoms with E-state index in [4.69, 9.17) is 16.3 Å². The first kappa shape index (κ1) is 15.1. The van der Waals surface area contributed by atoms with E-state index in [0.29, 0.717) is 11.6 Å². The second-order valence-electron chi connectivity index (χ2n) is 5.55. The molecule has 3 heteroatoms. The zero-order chi connectivity index (χ0) is 15.5. The van der Waals surface area contributed by atoms with Gasteiger partial charge >= 0.3 is 0 Å². The van der Waals surface area contributed by atoms with E-state index in [1.807, 2.05) is 36.4 Å². The highest BCUT2D eigenvalue weighted by Gasteiger charge is 2.11. The topological polar surface area (TPSA) is 29.5 Å². The van der Waals surface area contributed by atoms with Gasteiger partial charge in [0.1, 0.15) is 12.4 Å². The molecule has 0 bridgehead atoms. The van der Waals surface area contributed by atoms with Crippen molar-refractivity contribution < 1.29 is 9.84 Å². The first-order chi connectivity index (χ1) is 10.7. The SMILES string of the molecule is CCCC(O)COc1c2ccccc2cc2ccc(Cl)cc12. The van der Waals surface area contributed by atoms with E-state index < -0.39 is 6.10 Å². The molecule has 2 nitrogen and oxygen atoms in total. The number of hydrogen-bond acceptors (Lipinski definition) is 2. The van der Waals surface area contributed by atoms with E-state index in [1.165, 1.54) is 0 Å². The predicted molar refractivity (Wildman–Crippen MR) is 92.9 cm³/mol. The molecule has 0 saturated heterocycles. The van der Waals surface area contributed by atoms with Crippen molar-refractivity contribution in [2.24, 2.45) is 0 Å². The summed E-state index contributed by atoms with van der Waals surface area (Å²) in [4.78, 5) is 0. The van der Waals surface area contributed by atoms with Crippen LogP contribution in [-0.4, -0.2) is 17.8 Å². The Kier molecular flexibility index (Phi) is 4.51. The Morgan fingerprint density at radius 2 is 1.82 bits per heavy atom. The number of benzene rings is 3. The molecule has 0 saturated carbocycles. The van der Waals surface area contributed by atoms with Crippen LogP contribution in [0.5, 0.6) is 5.75 Å². The molecule has 3 aromatic carbocycles. The standard InChI is InChI=1S/C19H19ClO2/c1-2-5-16(21)12-22-19-17-7-4-3-6-13(17)10-14-8-9-15(20)11-18(14)19/h3-4,6-11,16,21H,2,5,12H2,1H3. The van der Waals surface area contributed by atoms with Crippen LogP contribution in [0.25, 0.3) is 21.5 Å². The monoisotopic (exact) mass is 314 g/mol. The fourth-order valence-corrected chi connectivity index (χ4v) is 2.92. The number of ether oxygens (including phenoxy) is 1. The lowest BCUT2D eigenvalue weighted by molar-refractivity contribution is 0.101. The van der Waals surface area contributed by atoms with Crippen molar-refractivity contribution in [1.82, 2.24) is 0 Å². The number of halogens is 1. The van der Waals surface area contributed by atoms with Crippen LogP contribution < -0.4 is 4.74 Å².